The van der Waals surface area contributed by atoms with Gasteiger partial charge in [-0.2, -0.15) is 0 Å². The zero-order valence-electron chi connectivity index (χ0n) is 15.0. The molecule has 1 aromatic rings. The Morgan fingerprint density at radius 1 is 1.12 bits per heavy atom. The molecule has 1 aliphatic carbocycles. The Bertz CT molecular complexity index is 603. The van der Waals surface area contributed by atoms with E-state index in [1.54, 1.807) is 0 Å². The summed E-state index contributed by atoms with van der Waals surface area (Å²) >= 11 is 0. The van der Waals surface area contributed by atoms with Crippen molar-refractivity contribution in [1.29, 1.82) is 0 Å². The third-order valence-electron chi connectivity index (χ3n) is 5.77. The molecule has 5 heteroatoms. The van der Waals surface area contributed by atoms with Crippen molar-refractivity contribution in [1.82, 2.24) is 10.2 Å². The van der Waals surface area contributed by atoms with Crippen LogP contribution in [0.25, 0.3) is 0 Å². The molecule has 2 N–H and O–H groups in total. The number of carbonyl (C=O) groups is 1. The first-order chi connectivity index (χ1) is 12.2. The van der Waals surface area contributed by atoms with E-state index in [4.69, 9.17) is 4.74 Å². The molecule has 2 amide bonds. The first-order valence-corrected chi connectivity index (χ1v) is 9.81. The van der Waals surface area contributed by atoms with Gasteiger partial charge in [-0.15, -0.1) is 0 Å². The van der Waals surface area contributed by atoms with Gasteiger partial charge in [-0.05, 0) is 57.6 Å². The highest BCUT2D eigenvalue weighted by Gasteiger charge is 2.45. The minimum absolute atomic E-state index is 0.116. The maximum absolute atomic E-state index is 12.5. The summed E-state index contributed by atoms with van der Waals surface area (Å²) in [5, 5.41) is 6.18. The molecule has 25 heavy (non-hydrogen) atoms. The zero-order chi connectivity index (χ0) is 17.2. The molecule has 1 unspecified atom stereocenters. The molecule has 1 saturated carbocycles. The van der Waals surface area contributed by atoms with Crippen LogP contribution in [0.2, 0.25) is 0 Å². The Kier molecular flexibility index (Phi) is 4.84. The highest BCUT2D eigenvalue weighted by molar-refractivity contribution is 5.91. The lowest BCUT2D eigenvalue weighted by Gasteiger charge is -2.49. The SMILES string of the molecule is CCOc1ccccc1NC(=O)NC1C[C@H]2CCC[C@@H](C1)N2C1CC1. The van der Waals surface area contributed by atoms with Gasteiger partial charge >= 0.3 is 6.03 Å². The molecule has 3 atom stereocenters. The number of benzene rings is 1. The molecule has 136 valence electrons. The van der Waals surface area contributed by atoms with Crippen molar-refractivity contribution < 1.29 is 9.53 Å². The fourth-order valence-electron chi connectivity index (χ4n) is 4.70. The van der Waals surface area contributed by atoms with Gasteiger partial charge in [-0.3, -0.25) is 4.90 Å². The average Bonchev–Trinajstić information content (AvgIpc) is 3.41. The number of anilines is 1. The van der Waals surface area contributed by atoms with E-state index in [0.29, 0.717) is 18.7 Å². The number of hydrogen-bond acceptors (Lipinski definition) is 3. The Morgan fingerprint density at radius 2 is 1.84 bits per heavy atom. The maximum Gasteiger partial charge on any atom is 0.319 e. The lowest BCUT2D eigenvalue weighted by molar-refractivity contribution is 0.0198. The second-order valence-electron chi connectivity index (χ2n) is 7.61. The zero-order valence-corrected chi connectivity index (χ0v) is 15.0. The summed E-state index contributed by atoms with van der Waals surface area (Å²) in [5.74, 6) is 0.723. The number of rotatable bonds is 5. The molecule has 2 heterocycles. The lowest BCUT2D eigenvalue weighted by atomic mass is 9.81. The normalized spacial score (nSPS) is 29.1. The third-order valence-corrected chi connectivity index (χ3v) is 5.77. The van der Waals surface area contributed by atoms with Gasteiger partial charge in [0, 0.05) is 24.2 Å². The Morgan fingerprint density at radius 3 is 2.52 bits per heavy atom. The number of piperidine rings is 2. The summed E-state index contributed by atoms with van der Waals surface area (Å²) in [6, 6.07) is 9.94. The molecule has 2 saturated heterocycles. The fourth-order valence-corrected chi connectivity index (χ4v) is 4.70. The molecule has 1 aromatic carbocycles. The summed E-state index contributed by atoms with van der Waals surface area (Å²) in [4.78, 5) is 15.3. The van der Waals surface area contributed by atoms with Crippen LogP contribution in [0.15, 0.2) is 24.3 Å². The van der Waals surface area contributed by atoms with Crippen LogP contribution >= 0.6 is 0 Å². The standard InChI is InChI=1S/C20H29N3O2/c1-2-25-19-9-4-3-8-18(19)22-20(24)21-14-12-16-6-5-7-17(13-14)23(16)15-10-11-15/h3-4,8-9,14-17H,2,5-7,10-13H2,1H3,(H2,21,22,24)/t14?,16-,17+. The molecule has 0 spiro atoms. The van der Waals surface area contributed by atoms with Gasteiger partial charge < -0.3 is 15.4 Å². The topological polar surface area (TPSA) is 53.6 Å². The minimum Gasteiger partial charge on any atom is -0.492 e. The first-order valence-electron chi connectivity index (χ1n) is 9.81. The van der Waals surface area contributed by atoms with E-state index in [0.717, 1.165) is 30.3 Å². The number of hydrogen-bond donors (Lipinski definition) is 2. The molecule has 0 radical (unpaired) electrons. The van der Waals surface area contributed by atoms with Gasteiger partial charge in [0.15, 0.2) is 0 Å². The monoisotopic (exact) mass is 343 g/mol. The van der Waals surface area contributed by atoms with Crippen molar-refractivity contribution in [2.45, 2.75) is 76.0 Å². The first kappa shape index (κ1) is 16.7. The molecule has 3 aliphatic rings. The number of nitrogens with zero attached hydrogens (tertiary/aromatic N) is 1. The molecule has 3 fully saturated rings. The smallest absolute Gasteiger partial charge is 0.319 e. The second-order valence-corrected chi connectivity index (χ2v) is 7.61. The molecule has 0 aromatic heterocycles. The Hall–Kier alpha value is -1.75. The number of urea groups is 1. The number of amides is 2. The van der Waals surface area contributed by atoms with Crippen molar-refractivity contribution in [3.8, 4) is 5.75 Å². The number of fused-ring (bicyclic) bond motifs is 2. The highest BCUT2D eigenvalue weighted by Crippen LogP contribution is 2.41. The number of ether oxygens (including phenoxy) is 1. The molecule has 2 aliphatic heterocycles. The summed E-state index contributed by atoms with van der Waals surface area (Å²) in [6.45, 7) is 2.53. The molecule has 4 rings (SSSR count). The van der Waals surface area contributed by atoms with E-state index < -0.39 is 0 Å². The summed E-state index contributed by atoms with van der Waals surface area (Å²) in [7, 11) is 0. The Labute approximate surface area is 150 Å². The van der Waals surface area contributed by atoms with Gasteiger partial charge in [-0.25, -0.2) is 4.79 Å². The predicted octanol–water partition coefficient (Wildman–Crippen LogP) is 3.75. The summed E-state index contributed by atoms with van der Waals surface area (Å²) in [5.41, 5.74) is 0.734. The van der Waals surface area contributed by atoms with Crippen LogP contribution in [-0.2, 0) is 0 Å². The van der Waals surface area contributed by atoms with Gasteiger partial charge in [0.1, 0.15) is 5.75 Å². The van der Waals surface area contributed by atoms with E-state index in [9.17, 15) is 4.79 Å². The van der Waals surface area contributed by atoms with Crippen LogP contribution in [0.3, 0.4) is 0 Å². The van der Waals surface area contributed by atoms with Crippen LogP contribution in [0, 0.1) is 0 Å². The van der Waals surface area contributed by atoms with Gasteiger partial charge in [0.25, 0.3) is 0 Å². The van der Waals surface area contributed by atoms with E-state index in [2.05, 4.69) is 15.5 Å². The van der Waals surface area contributed by atoms with Crippen molar-refractivity contribution in [3.63, 3.8) is 0 Å². The number of para-hydroxylation sites is 2. The van der Waals surface area contributed by atoms with E-state index >= 15 is 0 Å². The van der Waals surface area contributed by atoms with Gasteiger partial charge in [-0.1, -0.05) is 18.6 Å². The average molecular weight is 343 g/mol. The van der Waals surface area contributed by atoms with Crippen LogP contribution in [0.1, 0.15) is 51.9 Å². The minimum atomic E-state index is -0.116. The van der Waals surface area contributed by atoms with E-state index in [-0.39, 0.29) is 12.1 Å². The number of carbonyl (C=O) groups excluding carboxylic acids is 1. The maximum atomic E-state index is 12.5. The van der Waals surface area contributed by atoms with Crippen LogP contribution in [0.5, 0.6) is 5.75 Å². The van der Waals surface area contributed by atoms with Crippen LogP contribution < -0.4 is 15.4 Å². The lowest BCUT2D eigenvalue weighted by Crippen LogP contribution is -2.58. The van der Waals surface area contributed by atoms with Crippen LogP contribution in [-0.4, -0.2) is 41.7 Å². The largest absolute Gasteiger partial charge is 0.492 e. The van der Waals surface area contributed by atoms with E-state index in [1.807, 2.05) is 31.2 Å². The van der Waals surface area contributed by atoms with Crippen molar-refractivity contribution in [2.24, 2.45) is 0 Å². The highest BCUT2D eigenvalue weighted by atomic mass is 16.5. The van der Waals surface area contributed by atoms with Crippen molar-refractivity contribution in [2.75, 3.05) is 11.9 Å². The number of nitrogens with one attached hydrogen (secondary N) is 2. The third kappa shape index (κ3) is 3.76. The van der Waals surface area contributed by atoms with Crippen molar-refractivity contribution in [3.05, 3.63) is 24.3 Å². The molecular formula is C20H29N3O2. The molecule has 5 nitrogen and oxygen atoms in total. The Balaban J connectivity index is 1.36. The van der Waals surface area contributed by atoms with Crippen molar-refractivity contribution >= 4 is 11.7 Å². The molecule has 2 bridgehead atoms. The molecular weight excluding hydrogens is 314 g/mol. The fraction of sp³-hybridized carbons (Fsp3) is 0.650. The van der Waals surface area contributed by atoms with Gasteiger partial charge in [0.2, 0.25) is 0 Å². The van der Waals surface area contributed by atoms with Gasteiger partial charge in [0.05, 0.1) is 12.3 Å². The summed E-state index contributed by atoms with van der Waals surface area (Å²) in [6.07, 6.45) is 8.86. The summed E-state index contributed by atoms with van der Waals surface area (Å²) < 4.78 is 5.59. The van der Waals surface area contributed by atoms with Crippen LogP contribution in [0.4, 0.5) is 10.5 Å². The predicted molar refractivity (Wildman–Crippen MR) is 99.1 cm³/mol. The van der Waals surface area contributed by atoms with E-state index in [1.165, 1.54) is 32.1 Å². The quantitative estimate of drug-likeness (QED) is 0.856. The second kappa shape index (κ2) is 7.24.